The maximum atomic E-state index is 13.4. The largest absolute Gasteiger partial charge is 0.369 e. The zero-order valence-electron chi connectivity index (χ0n) is 16.9. The van der Waals surface area contributed by atoms with Gasteiger partial charge < -0.3 is 15.2 Å². The van der Waals surface area contributed by atoms with Gasteiger partial charge in [-0.15, -0.1) is 0 Å². The van der Waals surface area contributed by atoms with Crippen molar-refractivity contribution in [3.05, 3.63) is 76.9 Å². The van der Waals surface area contributed by atoms with E-state index in [9.17, 15) is 8.42 Å². The minimum Gasteiger partial charge on any atom is -0.369 e. The Balaban J connectivity index is 1.43. The van der Waals surface area contributed by atoms with Crippen molar-refractivity contribution in [2.75, 3.05) is 18.0 Å². The third kappa shape index (κ3) is 3.36. The molecule has 0 amide bonds. The first kappa shape index (κ1) is 20.0. The Hall–Kier alpha value is -2.97. The molecule has 160 valence electrons. The molecule has 0 radical (unpaired) electrons. The molecular weight excluding hydrogens is 434 g/mol. The molecule has 2 aliphatic heterocycles. The van der Waals surface area contributed by atoms with E-state index in [2.05, 4.69) is 20.5 Å². The lowest BCUT2D eigenvalue weighted by Crippen LogP contribution is -2.39. The van der Waals surface area contributed by atoms with E-state index in [4.69, 9.17) is 17.3 Å². The average molecular weight is 456 g/mol. The minimum absolute atomic E-state index is 0.00379. The number of anilines is 2. The number of aliphatic imine (C=N–C) groups is 1. The van der Waals surface area contributed by atoms with Crippen molar-refractivity contribution < 1.29 is 8.42 Å². The van der Waals surface area contributed by atoms with Crippen LogP contribution in [0.25, 0.3) is 0 Å². The molecule has 0 unspecified atom stereocenters. The average Bonchev–Trinajstić information content (AvgIpc) is 3.45. The highest BCUT2D eigenvalue weighted by Gasteiger charge is 2.35. The number of aromatic nitrogens is 1. The van der Waals surface area contributed by atoms with E-state index in [1.807, 2.05) is 37.5 Å². The molecule has 0 aliphatic carbocycles. The molecule has 0 spiro atoms. The first-order valence-corrected chi connectivity index (χ1v) is 11.8. The summed E-state index contributed by atoms with van der Waals surface area (Å²) in [6.07, 6.45) is 2.77. The number of halogens is 1. The number of sulfonamides is 1. The third-order valence-corrected chi connectivity index (χ3v) is 7.84. The molecular formula is C22H22ClN5O2S. The van der Waals surface area contributed by atoms with Crippen LogP contribution in [0.5, 0.6) is 0 Å². The maximum absolute atomic E-state index is 13.4. The van der Waals surface area contributed by atoms with Crippen molar-refractivity contribution in [3.63, 3.8) is 0 Å². The summed E-state index contributed by atoms with van der Waals surface area (Å²) in [6, 6.07) is 16.2. The van der Waals surface area contributed by atoms with E-state index in [1.54, 1.807) is 24.3 Å². The summed E-state index contributed by atoms with van der Waals surface area (Å²) in [6.45, 7) is 0.960. The van der Waals surface area contributed by atoms with Crippen LogP contribution in [-0.2, 0) is 23.5 Å². The molecule has 31 heavy (non-hydrogen) atoms. The number of guanidine groups is 1. The molecule has 2 aliphatic rings. The number of benzene rings is 2. The lowest BCUT2D eigenvalue weighted by Gasteiger charge is -2.21. The van der Waals surface area contributed by atoms with E-state index in [1.165, 1.54) is 4.31 Å². The van der Waals surface area contributed by atoms with Gasteiger partial charge in [0.15, 0.2) is 0 Å². The van der Waals surface area contributed by atoms with Gasteiger partial charge in [0.25, 0.3) is 10.0 Å². The Bertz CT molecular complexity index is 1300. The predicted octanol–water partition coefficient (Wildman–Crippen LogP) is 3.43. The summed E-state index contributed by atoms with van der Waals surface area (Å²) in [5.41, 5.74) is 8.90. The van der Waals surface area contributed by atoms with Crippen molar-refractivity contribution in [1.82, 2.24) is 8.87 Å². The number of hydrogen-bond donors (Lipinski definition) is 1. The van der Waals surface area contributed by atoms with Crippen molar-refractivity contribution in [2.45, 2.75) is 17.4 Å². The van der Waals surface area contributed by atoms with Crippen LogP contribution in [0.2, 0.25) is 5.02 Å². The first-order valence-electron chi connectivity index (χ1n) is 9.98. The van der Waals surface area contributed by atoms with Gasteiger partial charge in [-0.25, -0.2) is 17.7 Å². The van der Waals surface area contributed by atoms with E-state index in [0.29, 0.717) is 5.02 Å². The Morgan fingerprint density at radius 2 is 1.97 bits per heavy atom. The number of nitrogens with two attached hydrogens (primary N) is 1. The van der Waals surface area contributed by atoms with E-state index < -0.39 is 10.0 Å². The third-order valence-electron chi connectivity index (χ3n) is 5.84. The van der Waals surface area contributed by atoms with Gasteiger partial charge in [0, 0.05) is 30.5 Å². The highest BCUT2D eigenvalue weighted by molar-refractivity contribution is 7.89. The van der Waals surface area contributed by atoms with Crippen LogP contribution in [0.15, 0.2) is 70.7 Å². The van der Waals surface area contributed by atoms with Crippen LogP contribution in [-0.4, -0.2) is 36.3 Å². The normalized spacial score (nSPS) is 18.4. The minimum atomic E-state index is -3.82. The van der Waals surface area contributed by atoms with Gasteiger partial charge in [-0.1, -0.05) is 23.7 Å². The lowest BCUT2D eigenvalue weighted by molar-refractivity contribution is 0.518. The molecule has 5 rings (SSSR count). The molecule has 0 fully saturated rings. The molecule has 3 heterocycles. The Morgan fingerprint density at radius 1 is 1.13 bits per heavy atom. The van der Waals surface area contributed by atoms with Gasteiger partial charge in [-0.05, 0) is 60.0 Å². The molecule has 2 aromatic carbocycles. The topological polar surface area (TPSA) is 83.9 Å². The molecule has 0 saturated heterocycles. The van der Waals surface area contributed by atoms with Crippen LogP contribution < -0.4 is 10.6 Å². The molecule has 9 heteroatoms. The van der Waals surface area contributed by atoms with Crippen molar-refractivity contribution >= 4 is 39.1 Å². The fourth-order valence-electron chi connectivity index (χ4n) is 4.27. The standard InChI is InChI=1S/C22H22ClN5O2S/c1-26-10-3-6-21(26)27-11-9-16-13-18(7-8-20(16)27)31(29,30)28-14-19(25-22(28)24)15-4-2-5-17(23)12-15/h2-8,10,12-13,19H,9,11,14H2,1H3,(H2,24,25)/t19-/m1/s1. The van der Waals surface area contributed by atoms with Gasteiger partial charge in [0.05, 0.1) is 17.5 Å². The number of hydrogen-bond acceptors (Lipinski definition) is 5. The zero-order chi connectivity index (χ0) is 21.8. The summed E-state index contributed by atoms with van der Waals surface area (Å²) in [5, 5.41) is 0.578. The van der Waals surface area contributed by atoms with Crippen LogP contribution in [0, 0.1) is 0 Å². The number of aryl methyl sites for hydroxylation is 1. The smallest absolute Gasteiger partial charge is 0.266 e. The van der Waals surface area contributed by atoms with E-state index >= 15 is 0 Å². The second-order valence-corrected chi connectivity index (χ2v) is 10.1. The van der Waals surface area contributed by atoms with Crippen LogP contribution in [0.3, 0.4) is 0 Å². The Kier molecular flexibility index (Phi) is 4.71. The highest BCUT2D eigenvalue weighted by atomic mass is 35.5. The van der Waals surface area contributed by atoms with Crippen LogP contribution in [0.4, 0.5) is 11.5 Å². The molecule has 1 atom stereocenters. The Morgan fingerprint density at radius 3 is 2.71 bits per heavy atom. The second kappa shape index (κ2) is 7.32. The van der Waals surface area contributed by atoms with Crippen LogP contribution >= 0.6 is 11.6 Å². The predicted molar refractivity (Wildman–Crippen MR) is 122 cm³/mol. The van der Waals surface area contributed by atoms with Crippen molar-refractivity contribution in [2.24, 2.45) is 17.8 Å². The maximum Gasteiger partial charge on any atom is 0.266 e. The first-order chi connectivity index (χ1) is 14.8. The van der Waals surface area contributed by atoms with Gasteiger partial charge in [-0.3, -0.25) is 0 Å². The summed E-state index contributed by atoms with van der Waals surface area (Å²) in [5.74, 6) is 1.07. The lowest BCUT2D eigenvalue weighted by atomic mass is 10.1. The van der Waals surface area contributed by atoms with Gasteiger partial charge in [-0.2, -0.15) is 0 Å². The van der Waals surface area contributed by atoms with Crippen LogP contribution in [0.1, 0.15) is 17.2 Å². The molecule has 2 N–H and O–H groups in total. The highest BCUT2D eigenvalue weighted by Crippen LogP contribution is 2.37. The number of rotatable bonds is 4. The molecule has 0 bridgehead atoms. The number of nitrogens with zero attached hydrogens (tertiary/aromatic N) is 4. The summed E-state index contributed by atoms with van der Waals surface area (Å²) in [7, 11) is -1.82. The van der Waals surface area contributed by atoms with Gasteiger partial charge >= 0.3 is 0 Å². The Labute approximate surface area is 186 Å². The van der Waals surface area contributed by atoms with Gasteiger partial charge in [0.1, 0.15) is 5.82 Å². The molecule has 3 aromatic rings. The quantitative estimate of drug-likeness (QED) is 0.653. The van der Waals surface area contributed by atoms with Crippen molar-refractivity contribution in [1.29, 1.82) is 0 Å². The van der Waals surface area contributed by atoms with E-state index in [0.717, 1.165) is 35.6 Å². The molecule has 7 nitrogen and oxygen atoms in total. The number of fused-ring (bicyclic) bond motifs is 1. The molecule has 0 saturated carbocycles. The van der Waals surface area contributed by atoms with Gasteiger partial charge in [0.2, 0.25) is 5.96 Å². The molecule has 1 aromatic heterocycles. The summed E-state index contributed by atoms with van der Waals surface area (Å²) >= 11 is 6.08. The fraction of sp³-hybridized carbons (Fsp3) is 0.227. The fourth-order valence-corrected chi connectivity index (χ4v) is 5.88. The SMILES string of the molecule is Cn1cccc1N1CCc2cc(S(=O)(=O)N3C[C@H](c4cccc(Cl)c4)N=C3N)ccc21. The zero-order valence-corrected chi connectivity index (χ0v) is 18.5. The van der Waals surface area contributed by atoms with Crippen molar-refractivity contribution in [3.8, 4) is 0 Å². The summed E-state index contributed by atoms with van der Waals surface area (Å²) < 4.78 is 30.0. The van der Waals surface area contributed by atoms with E-state index in [-0.39, 0.29) is 23.4 Å². The summed E-state index contributed by atoms with van der Waals surface area (Å²) in [4.78, 5) is 6.80. The second-order valence-electron chi connectivity index (χ2n) is 7.76. The monoisotopic (exact) mass is 455 g/mol.